The van der Waals surface area contributed by atoms with E-state index < -0.39 is 0 Å². The van der Waals surface area contributed by atoms with Crippen LogP contribution in [0.2, 0.25) is 0 Å². The average molecular weight is 428 g/mol. The summed E-state index contributed by atoms with van der Waals surface area (Å²) in [6, 6.07) is 10.0. The molecule has 1 aliphatic heterocycles. The molecule has 2 aromatic carbocycles. The summed E-state index contributed by atoms with van der Waals surface area (Å²) in [5.74, 6) is 1.71. The van der Waals surface area contributed by atoms with Crippen molar-refractivity contribution in [2.45, 2.75) is 19.8 Å². The monoisotopic (exact) mass is 427 g/mol. The Morgan fingerprint density at radius 1 is 0.968 bits per heavy atom. The van der Waals surface area contributed by atoms with Crippen LogP contribution >= 0.6 is 0 Å². The van der Waals surface area contributed by atoms with E-state index in [9.17, 15) is 4.79 Å². The molecule has 0 aliphatic carbocycles. The van der Waals surface area contributed by atoms with Crippen molar-refractivity contribution in [3.63, 3.8) is 0 Å². The number of carbonyl (C=O) groups is 1. The van der Waals surface area contributed by atoms with E-state index >= 15 is 0 Å². The summed E-state index contributed by atoms with van der Waals surface area (Å²) in [7, 11) is 6.90. The van der Waals surface area contributed by atoms with Crippen molar-refractivity contribution < 1.29 is 19.0 Å². The molecule has 1 amide bonds. The van der Waals surface area contributed by atoms with Gasteiger partial charge in [-0.05, 0) is 61.9 Å². The maximum absolute atomic E-state index is 12.6. The number of amides is 1. The van der Waals surface area contributed by atoms with Crippen LogP contribution in [0.5, 0.6) is 17.2 Å². The predicted octanol–water partition coefficient (Wildman–Crippen LogP) is 3.34. The summed E-state index contributed by atoms with van der Waals surface area (Å²) in [5.41, 5.74) is 4.08. The zero-order valence-electron chi connectivity index (χ0n) is 19.2. The number of methoxy groups -OCH3 is 3. The minimum Gasteiger partial charge on any atom is -0.493 e. The summed E-state index contributed by atoms with van der Waals surface area (Å²) in [5, 5.41) is 3.04. The van der Waals surface area contributed by atoms with E-state index in [1.54, 1.807) is 21.3 Å². The molecule has 7 nitrogen and oxygen atoms in total. The van der Waals surface area contributed by atoms with Gasteiger partial charge in [-0.25, -0.2) is 0 Å². The summed E-state index contributed by atoms with van der Waals surface area (Å²) >= 11 is 0. The third kappa shape index (κ3) is 5.61. The second-order valence-corrected chi connectivity index (χ2v) is 7.87. The fourth-order valence-corrected chi connectivity index (χ4v) is 3.80. The number of likely N-dealkylation sites (N-methyl/N-ethyl adjacent to an activating group) is 1. The first-order valence-corrected chi connectivity index (χ1v) is 10.6. The van der Waals surface area contributed by atoms with E-state index in [-0.39, 0.29) is 5.91 Å². The first-order valence-electron chi connectivity index (χ1n) is 10.6. The van der Waals surface area contributed by atoms with Crippen LogP contribution in [0.1, 0.15) is 17.5 Å². The highest BCUT2D eigenvalue weighted by Gasteiger charge is 2.16. The number of nitrogens with zero attached hydrogens (tertiary/aromatic N) is 2. The van der Waals surface area contributed by atoms with Crippen molar-refractivity contribution in [3.8, 4) is 17.2 Å². The van der Waals surface area contributed by atoms with Gasteiger partial charge in [0.25, 0.3) is 0 Å². The van der Waals surface area contributed by atoms with Gasteiger partial charge in [0.1, 0.15) is 0 Å². The van der Waals surface area contributed by atoms with E-state index in [0.29, 0.717) is 30.1 Å². The van der Waals surface area contributed by atoms with E-state index in [1.807, 2.05) is 25.1 Å². The van der Waals surface area contributed by atoms with Crippen molar-refractivity contribution in [3.05, 3.63) is 41.5 Å². The minimum absolute atomic E-state index is 0.0239. The van der Waals surface area contributed by atoms with Crippen molar-refractivity contribution in [2.75, 3.05) is 64.8 Å². The van der Waals surface area contributed by atoms with Gasteiger partial charge < -0.3 is 29.3 Å². The van der Waals surface area contributed by atoms with Crippen LogP contribution in [-0.2, 0) is 11.2 Å². The van der Waals surface area contributed by atoms with Crippen LogP contribution in [0.3, 0.4) is 0 Å². The zero-order valence-corrected chi connectivity index (χ0v) is 19.2. The molecule has 1 saturated heterocycles. The predicted molar refractivity (Wildman–Crippen MR) is 124 cm³/mol. The van der Waals surface area contributed by atoms with Gasteiger partial charge in [0.15, 0.2) is 11.5 Å². The van der Waals surface area contributed by atoms with Crippen molar-refractivity contribution in [2.24, 2.45) is 0 Å². The van der Waals surface area contributed by atoms with Gasteiger partial charge in [-0.3, -0.25) is 4.79 Å². The third-order valence-electron chi connectivity index (χ3n) is 5.72. The van der Waals surface area contributed by atoms with Gasteiger partial charge in [-0.2, -0.15) is 0 Å². The van der Waals surface area contributed by atoms with Crippen LogP contribution in [0.25, 0.3) is 0 Å². The molecule has 0 aromatic heterocycles. The number of nitrogens with one attached hydrogen (secondary N) is 1. The number of rotatable bonds is 8. The molecule has 2 aromatic rings. The lowest BCUT2D eigenvalue weighted by atomic mass is 10.1. The molecule has 0 radical (unpaired) electrons. The van der Waals surface area contributed by atoms with Gasteiger partial charge in [0.2, 0.25) is 11.7 Å². The molecule has 168 valence electrons. The molecular formula is C24H33N3O4. The Kier molecular flexibility index (Phi) is 7.63. The van der Waals surface area contributed by atoms with Crippen LogP contribution in [-0.4, -0.2) is 65.4 Å². The van der Waals surface area contributed by atoms with Gasteiger partial charge in [0, 0.05) is 44.0 Å². The topological polar surface area (TPSA) is 63.3 Å². The lowest BCUT2D eigenvalue weighted by Gasteiger charge is -2.34. The van der Waals surface area contributed by atoms with Crippen LogP contribution in [0.4, 0.5) is 11.4 Å². The second-order valence-electron chi connectivity index (χ2n) is 7.87. The Morgan fingerprint density at radius 2 is 1.61 bits per heavy atom. The lowest BCUT2D eigenvalue weighted by Crippen LogP contribution is -2.44. The number of anilines is 2. The second kappa shape index (κ2) is 10.4. The van der Waals surface area contributed by atoms with Gasteiger partial charge in [0.05, 0.1) is 21.3 Å². The Bertz CT molecular complexity index is 883. The van der Waals surface area contributed by atoms with Gasteiger partial charge >= 0.3 is 0 Å². The SMILES string of the molecule is COc1cc(CCC(=O)Nc2ccc(N3CCN(C)CC3)cc2C)cc(OC)c1OC. The Morgan fingerprint density at radius 3 is 2.16 bits per heavy atom. The lowest BCUT2D eigenvalue weighted by molar-refractivity contribution is -0.116. The van der Waals surface area contributed by atoms with Crippen molar-refractivity contribution in [1.29, 1.82) is 0 Å². The van der Waals surface area contributed by atoms with Gasteiger partial charge in [-0.15, -0.1) is 0 Å². The van der Waals surface area contributed by atoms with Gasteiger partial charge in [-0.1, -0.05) is 0 Å². The molecule has 0 atom stereocenters. The molecule has 0 unspecified atom stereocenters. The third-order valence-corrected chi connectivity index (χ3v) is 5.72. The standard InChI is InChI=1S/C24H33N3O4/c1-17-14-19(27-12-10-26(2)11-13-27)7-8-20(17)25-23(28)9-6-18-15-21(29-3)24(31-5)22(16-18)30-4/h7-8,14-16H,6,9-13H2,1-5H3,(H,25,28). The summed E-state index contributed by atoms with van der Waals surface area (Å²) < 4.78 is 16.1. The summed E-state index contributed by atoms with van der Waals surface area (Å²) in [6.45, 7) is 6.22. The van der Waals surface area contributed by atoms with Crippen molar-refractivity contribution >= 4 is 17.3 Å². The molecule has 0 spiro atoms. The number of ether oxygens (including phenoxy) is 3. The fourth-order valence-electron chi connectivity index (χ4n) is 3.80. The number of piperazine rings is 1. The summed E-state index contributed by atoms with van der Waals surface area (Å²) in [6.07, 6.45) is 0.930. The van der Waals surface area contributed by atoms with Crippen molar-refractivity contribution in [1.82, 2.24) is 4.90 Å². The fraction of sp³-hybridized carbons (Fsp3) is 0.458. The number of aryl methyl sites for hydroxylation is 2. The number of carbonyl (C=O) groups excluding carboxylic acids is 1. The molecule has 0 saturated carbocycles. The minimum atomic E-state index is -0.0239. The zero-order chi connectivity index (χ0) is 22.4. The highest BCUT2D eigenvalue weighted by Crippen LogP contribution is 2.38. The Balaban J connectivity index is 1.61. The van der Waals surface area contributed by atoms with Crippen LogP contribution < -0.4 is 24.4 Å². The van der Waals surface area contributed by atoms with Crippen LogP contribution in [0.15, 0.2) is 30.3 Å². The van der Waals surface area contributed by atoms with E-state index in [2.05, 4.69) is 34.3 Å². The Hall–Kier alpha value is -2.93. The molecular weight excluding hydrogens is 394 g/mol. The molecule has 1 aliphatic rings. The molecule has 31 heavy (non-hydrogen) atoms. The normalized spacial score (nSPS) is 14.3. The van der Waals surface area contributed by atoms with Crippen LogP contribution in [0, 0.1) is 6.92 Å². The first-order chi connectivity index (χ1) is 14.9. The summed E-state index contributed by atoms with van der Waals surface area (Å²) in [4.78, 5) is 17.3. The maximum Gasteiger partial charge on any atom is 0.224 e. The van der Waals surface area contributed by atoms with E-state index in [1.165, 1.54) is 5.69 Å². The largest absolute Gasteiger partial charge is 0.493 e. The molecule has 1 N–H and O–H groups in total. The average Bonchev–Trinajstić information content (AvgIpc) is 2.78. The van der Waals surface area contributed by atoms with E-state index in [0.717, 1.165) is 43.0 Å². The molecule has 0 bridgehead atoms. The molecule has 1 fully saturated rings. The number of benzene rings is 2. The number of hydrogen-bond donors (Lipinski definition) is 1. The maximum atomic E-state index is 12.6. The molecule has 3 rings (SSSR count). The first kappa shape index (κ1) is 22.7. The quantitative estimate of drug-likeness (QED) is 0.697. The molecule has 1 heterocycles. The highest BCUT2D eigenvalue weighted by molar-refractivity contribution is 5.92. The smallest absolute Gasteiger partial charge is 0.224 e. The Labute approximate surface area is 184 Å². The molecule has 7 heteroatoms. The number of hydrogen-bond acceptors (Lipinski definition) is 6. The van der Waals surface area contributed by atoms with E-state index in [4.69, 9.17) is 14.2 Å². The highest BCUT2D eigenvalue weighted by atomic mass is 16.5.